The summed E-state index contributed by atoms with van der Waals surface area (Å²) < 4.78 is 26.9. The molecule has 2 aromatic carbocycles. The van der Waals surface area contributed by atoms with Crippen molar-refractivity contribution in [3.05, 3.63) is 70.7 Å². The molecule has 1 aliphatic heterocycles. The average Bonchev–Trinajstić information content (AvgIpc) is 2.74. The van der Waals surface area contributed by atoms with Gasteiger partial charge in [0.15, 0.2) is 0 Å². The maximum Gasteiger partial charge on any atom is 0.223 e. The number of hydrogen-bond acceptors (Lipinski definition) is 3. The first-order valence-corrected chi connectivity index (χ1v) is 12.4. The summed E-state index contributed by atoms with van der Waals surface area (Å²) in [6.45, 7) is 2.78. The molecule has 0 spiro atoms. The maximum absolute atomic E-state index is 12.7. The highest BCUT2D eigenvalue weighted by Gasteiger charge is 2.31. The van der Waals surface area contributed by atoms with Gasteiger partial charge in [0.2, 0.25) is 15.9 Å². The summed E-state index contributed by atoms with van der Waals surface area (Å²) in [5.74, 6) is -0.145. The molecule has 5 nitrogen and oxygen atoms in total. The number of rotatable bonds is 8. The highest BCUT2D eigenvalue weighted by Crippen LogP contribution is 2.22. The lowest BCUT2D eigenvalue weighted by atomic mass is 9.96. The van der Waals surface area contributed by atoms with E-state index in [4.69, 9.17) is 11.6 Å². The van der Waals surface area contributed by atoms with Gasteiger partial charge in [-0.15, -0.1) is 0 Å². The molecular weight excluding hydrogens is 420 g/mol. The van der Waals surface area contributed by atoms with Crippen molar-refractivity contribution in [3.8, 4) is 0 Å². The molecule has 0 aromatic heterocycles. The molecule has 1 heterocycles. The highest BCUT2D eigenvalue weighted by molar-refractivity contribution is 7.88. The first kappa shape index (κ1) is 22.8. The lowest BCUT2D eigenvalue weighted by Crippen LogP contribution is -2.45. The molecule has 1 fully saturated rings. The standard InChI is InChI=1S/C23H29ClN2O3S/c1-18(7-8-19-5-3-2-4-6-19)25-23(27)21-13-15-26(16-14-21)30(28,29)17-20-9-11-22(24)12-10-20/h2-6,9-12,18,21H,7-8,13-17H2,1H3,(H,25,27)/t18-/m1/s1. The Morgan fingerprint density at radius 2 is 1.70 bits per heavy atom. The minimum absolute atomic E-state index is 0.0327. The number of amides is 1. The van der Waals surface area contributed by atoms with Crippen LogP contribution >= 0.6 is 11.6 Å². The lowest BCUT2D eigenvalue weighted by Gasteiger charge is -2.31. The van der Waals surface area contributed by atoms with Gasteiger partial charge in [-0.2, -0.15) is 0 Å². The number of nitrogens with one attached hydrogen (secondary N) is 1. The summed E-state index contributed by atoms with van der Waals surface area (Å²) in [7, 11) is -3.40. The largest absolute Gasteiger partial charge is 0.353 e. The second kappa shape index (κ2) is 10.4. The number of piperidine rings is 1. The van der Waals surface area contributed by atoms with E-state index in [1.807, 2.05) is 25.1 Å². The van der Waals surface area contributed by atoms with E-state index in [-0.39, 0.29) is 23.6 Å². The van der Waals surface area contributed by atoms with Gasteiger partial charge < -0.3 is 5.32 Å². The topological polar surface area (TPSA) is 66.5 Å². The van der Waals surface area contributed by atoms with E-state index in [0.29, 0.717) is 36.5 Å². The van der Waals surface area contributed by atoms with Gasteiger partial charge in [-0.05, 0) is 55.9 Å². The van der Waals surface area contributed by atoms with Gasteiger partial charge >= 0.3 is 0 Å². The van der Waals surface area contributed by atoms with Gasteiger partial charge in [-0.1, -0.05) is 54.1 Å². The third-order valence-electron chi connectivity index (χ3n) is 5.58. The van der Waals surface area contributed by atoms with Gasteiger partial charge in [-0.25, -0.2) is 12.7 Å². The molecule has 162 valence electrons. The summed E-state index contributed by atoms with van der Waals surface area (Å²) in [6, 6.07) is 17.2. The number of hydrogen-bond donors (Lipinski definition) is 1. The first-order chi connectivity index (χ1) is 14.3. The Bertz CT molecular complexity index is 925. The molecule has 2 aromatic rings. The number of nitrogens with zero attached hydrogens (tertiary/aromatic N) is 1. The number of sulfonamides is 1. The Labute approximate surface area is 184 Å². The van der Waals surface area contributed by atoms with E-state index in [1.165, 1.54) is 9.87 Å². The van der Waals surface area contributed by atoms with Gasteiger partial charge in [0, 0.05) is 30.1 Å². The van der Waals surface area contributed by atoms with Crippen LogP contribution in [0.15, 0.2) is 54.6 Å². The molecule has 1 atom stereocenters. The summed E-state index contributed by atoms with van der Waals surface area (Å²) in [4.78, 5) is 12.6. The van der Waals surface area contributed by atoms with Crippen molar-refractivity contribution in [2.75, 3.05) is 13.1 Å². The molecule has 1 amide bonds. The Morgan fingerprint density at radius 1 is 1.07 bits per heavy atom. The fourth-order valence-corrected chi connectivity index (χ4v) is 5.43. The first-order valence-electron chi connectivity index (χ1n) is 10.4. The summed E-state index contributed by atoms with van der Waals surface area (Å²) >= 11 is 5.87. The minimum Gasteiger partial charge on any atom is -0.353 e. The molecular formula is C23H29ClN2O3S. The fourth-order valence-electron chi connectivity index (χ4n) is 3.74. The average molecular weight is 449 g/mol. The normalized spacial score (nSPS) is 16.9. The Kier molecular flexibility index (Phi) is 7.92. The predicted molar refractivity (Wildman–Crippen MR) is 121 cm³/mol. The Hall–Kier alpha value is -1.89. The lowest BCUT2D eigenvalue weighted by molar-refractivity contribution is -0.126. The number of aryl methyl sites for hydroxylation is 1. The number of carbonyl (C=O) groups is 1. The molecule has 3 rings (SSSR count). The van der Waals surface area contributed by atoms with Crippen LogP contribution in [0, 0.1) is 5.92 Å². The van der Waals surface area contributed by atoms with E-state index in [1.54, 1.807) is 24.3 Å². The van der Waals surface area contributed by atoms with Crippen molar-refractivity contribution in [1.29, 1.82) is 0 Å². The van der Waals surface area contributed by atoms with Crippen molar-refractivity contribution in [3.63, 3.8) is 0 Å². The van der Waals surface area contributed by atoms with Crippen LogP contribution in [0.2, 0.25) is 5.02 Å². The minimum atomic E-state index is -3.40. The number of halogens is 1. The smallest absolute Gasteiger partial charge is 0.223 e. The summed E-state index contributed by atoms with van der Waals surface area (Å²) in [6.07, 6.45) is 2.90. The van der Waals surface area contributed by atoms with E-state index in [9.17, 15) is 13.2 Å². The third-order valence-corrected chi connectivity index (χ3v) is 7.68. The third kappa shape index (κ3) is 6.56. The van der Waals surface area contributed by atoms with Crippen molar-refractivity contribution < 1.29 is 13.2 Å². The fraction of sp³-hybridized carbons (Fsp3) is 0.435. The molecule has 0 bridgehead atoms. The molecule has 0 aliphatic carbocycles. The SMILES string of the molecule is C[C@H](CCc1ccccc1)NC(=O)C1CCN(S(=O)(=O)Cc2ccc(Cl)cc2)CC1. The molecule has 7 heteroatoms. The van der Waals surface area contributed by atoms with Crippen LogP contribution < -0.4 is 5.32 Å². The van der Waals surface area contributed by atoms with Crippen molar-refractivity contribution in [1.82, 2.24) is 9.62 Å². The highest BCUT2D eigenvalue weighted by atomic mass is 35.5. The van der Waals surface area contributed by atoms with E-state index < -0.39 is 10.0 Å². The quantitative estimate of drug-likeness (QED) is 0.663. The van der Waals surface area contributed by atoms with Crippen molar-refractivity contribution in [2.45, 2.75) is 44.4 Å². The number of benzene rings is 2. The zero-order chi connectivity index (χ0) is 21.6. The molecule has 0 unspecified atom stereocenters. The second-order valence-corrected chi connectivity index (χ2v) is 10.4. The summed E-state index contributed by atoms with van der Waals surface area (Å²) in [5.41, 5.74) is 1.98. The number of carbonyl (C=O) groups excluding carboxylic acids is 1. The van der Waals surface area contributed by atoms with Gasteiger partial charge in [0.1, 0.15) is 0 Å². The van der Waals surface area contributed by atoms with Crippen LogP contribution in [0.1, 0.15) is 37.3 Å². The molecule has 30 heavy (non-hydrogen) atoms. The monoisotopic (exact) mass is 448 g/mol. The second-order valence-electron chi connectivity index (χ2n) is 7.99. The zero-order valence-corrected chi connectivity index (χ0v) is 18.8. The molecule has 1 N–H and O–H groups in total. The molecule has 0 radical (unpaired) electrons. The van der Waals surface area contributed by atoms with E-state index in [2.05, 4.69) is 17.4 Å². The van der Waals surface area contributed by atoms with Gasteiger partial charge in [0.05, 0.1) is 5.75 Å². The Balaban J connectivity index is 1.44. The van der Waals surface area contributed by atoms with Crippen LogP contribution in [-0.4, -0.2) is 37.8 Å². The van der Waals surface area contributed by atoms with E-state index in [0.717, 1.165) is 12.8 Å². The van der Waals surface area contributed by atoms with Crippen LogP contribution in [0.4, 0.5) is 0 Å². The predicted octanol–water partition coefficient (Wildman–Crippen LogP) is 4.02. The van der Waals surface area contributed by atoms with Crippen LogP contribution in [0.5, 0.6) is 0 Å². The van der Waals surface area contributed by atoms with Crippen LogP contribution in [0.25, 0.3) is 0 Å². The molecule has 1 aliphatic rings. The van der Waals surface area contributed by atoms with Crippen molar-refractivity contribution >= 4 is 27.5 Å². The Morgan fingerprint density at radius 3 is 2.33 bits per heavy atom. The van der Waals surface area contributed by atoms with Gasteiger partial charge in [-0.3, -0.25) is 4.79 Å². The van der Waals surface area contributed by atoms with Crippen LogP contribution in [0.3, 0.4) is 0 Å². The summed E-state index contributed by atoms with van der Waals surface area (Å²) in [5, 5.41) is 3.68. The van der Waals surface area contributed by atoms with Crippen molar-refractivity contribution in [2.24, 2.45) is 5.92 Å². The van der Waals surface area contributed by atoms with Gasteiger partial charge in [0.25, 0.3) is 0 Å². The maximum atomic E-state index is 12.7. The van der Waals surface area contributed by atoms with Crippen LogP contribution in [-0.2, 0) is 27.0 Å². The zero-order valence-electron chi connectivity index (χ0n) is 17.3. The van der Waals surface area contributed by atoms with E-state index >= 15 is 0 Å². The molecule has 1 saturated heterocycles. The molecule has 0 saturated carbocycles.